The van der Waals surface area contributed by atoms with Gasteiger partial charge in [-0.05, 0) is 50.0 Å². The van der Waals surface area contributed by atoms with E-state index in [2.05, 4.69) is 12.2 Å². The predicted octanol–water partition coefficient (Wildman–Crippen LogP) is 3.23. The van der Waals surface area contributed by atoms with Crippen molar-refractivity contribution >= 4 is 11.9 Å². The SMILES string of the molecule is C[C@H](NC(=O)C[C@@H]1OC(=O)c2ccccc21)[C@@H]1C[C@H]2CC[C@H]1C2. The Labute approximate surface area is 136 Å². The fourth-order valence-corrected chi connectivity index (χ4v) is 4.87. The molecule has 0 saturated heterocycles. The third kappa shape index (κ3) is 2.64. The maximum atomic E-state index is 12.4. The number of hydrogen-bond acceptors (Lipinski definition) is 3. The zero-order valence-electron chi connectivity index (χ0n) is 13.5. The van der Waals surface area contributed by atoms with Crippen LogP contribution in [0.2, 0.25) is 0 Å². The smallest absolute Gasteiger partial charge is 0.339 e. The molecule has 4 nitrogen and oxygen atoms in total. The highest BCUT2D eigenvalue weighted by molar-refractivity contribution is 5.94. The van der Waals surface area contributed by atoms with Gasteiger partial charge in [0.2, 0.25) is 5.91 Å². The Kier molecular flexibility index (Phi) is 3.63. The minimum Gasteiger partial charge on any atom is -0.453 e. The molecule has 1 aliphatic heterocycles. The lowest BCUT2D eigenvalue weighted by Gasteiger charge is -2.28. The van der Waals surface area contributed by atoms with Crippen LogP contribution in [-0.4, -0.2) is 17.9 Å². The fourth-order valence-electron chi connectivity index (χ4n) is 4.87. The topological polar surface area (TPSA) is 55.4 Å². The molecule has 1 aromatic rings. The van der Waals surface area contributed by atoms with Gasteiger partial charge in [0.15, 0.2) is 0 Å². The molecule has 5 atom stereocenters. The quantitative estimate of drug-likeness (QED) is 0.868. The second-order valence-electron chi connectivity index (χ2n) is 7.38. The van der Waals surface area contributed by atoms with E-state index in [1.165, 1.54) is 25.7 Å². The number of carbonyl (C=O) groups excluding carboxylic acids is 2. The van der Waals surface area contributed by atoms with Crippen LogP contribution in [-0.2, 0) is 9.53 Å². The Bertz CT molecular complexity index is 641. The van der Waals surface area contributed by atoms with Crippen LogP contribution in [0.4, 0.5) is 0 Å². The molecule has 1 amide bonds. The van der Waals surface area contributed by atoms with Crippen LogP contribution >= 0.6 is 0 Å². The number of rotatable bonds is 4. The molecular formula is C19H23NO3. The van der Waals surface area contributed by atoms with Gasteiger partial charge in [0.25, 0.3) is 0 Å². The second-order valence-corrected chi connectivity index (χ2v) is 7.38. The Hall–Kier alpha value is -1.84. The molecular weight excluding hydrogens is 290 g/mol. The Morgan fingerprint density at radius 3 is 2.87 bits per heavy atom. The molecule has 23 heavy (non-hydrogen) atoms. The molecule has 4 heteroatoms. The monoisotopic (exact) mass is 313 g/mol. The molecule has 0 spiro atoms. The average Bonchev–Trinajstić information content (AvgIpc) is 3.23. The molecule has 1 aromatic carbocycles. The van der Waals surface area contributed by atoms with Crippen LogP contribution in [0.5, 0.6) is 0 Å². The zero-order chi connectivity index (χ0) is 16.0. The van der Waals surface area contributed by atoms with E-state index in [0.29, 0.717) is 11.5 Å². The van der Waals surface area contributed by atoms with Crippen LogP contribution in [0.1, 0.15) is 61.1 Å². The first-order valence-corrected chi connectivity index (χ1v) is 8.71. The Morgan fingerprint density at radius 2 is 2.13 bits per heavy atom. The summed E-state index contributed by atoms with van der Waals surface area (Å²) in [7, 11) is 0. The summed E-state index contributed by atoms with van der Waals surface area (Å²) in [6, 6.07) is 7.54. The van der Waals surface area contributed by atoms with Crippen molar-refractivity contribution in [3.63, 3.8) is 0 Å². The van der Waals surface area contributed by atoms with Gasteiger partial charge < -0.3 is 10.1 Å². The minimum atomic E-state index is -0.439. The first-order valence-electron chi connectivity index (χ1n) is 8.71. The number of carbonyl (C=O) groups is 2. The highest BCUT2D eigenvalue weighted by Crippen LogP contribution is 2.49. The maximum Gasteiger partial charge on any atom is 0.339 e. The van der Waals surface area contributed by atoms with E-state index < -0.39 is 6.10 Å². The van der Waals surface area contributed by atoms with Crippen molar-refractivity contribution in [3.05, 3.63) is 35.4 Å². The van der Waals surface area contributed by atoms with Gasteiger partial charge in [-0.25, -0.2) is 4.79 Å². The molecule has 1 heterocycles. The minimum absolute atomic E-state index is 0.0187. The Balaban J connectivity index is 1.37. The van der Waals surface area contributed by atoms with Gasteiger partial charge in [-0.15, -0.1) is 0 Å². The summed E-state index contributed by atoms with van der Waals surface area (Å²) in [5.41, 5.74) is 1.42. The molecule has 4 rings (SSSR count). The molecule has 122 valence electrons. The standard InChI is InChI=1S/C19H23NO3/c1-11(16-9-12-6-7-13(16)8-12)20-18(21)10-17-14-4-2-3-5-15(14)19(22)23-17/h2-5,11-13,16-17H,6-10H2,1H3,(H,20,21)/t11-,12-,13-,16-,17-/m0/s1. The van der Waals surface area contributed by atoms with Crippen LogP contribution in [0.25, 0.3) is 0 Å². The van der Waals surface area contributed by atoms with Gasteiger partial charge in [-0.1, -0.05) is 24.6 Å². The van der Waals surface area contributed by atoms with Crippen LogP contribution < -0.4 is 5.32 Å². The largest absolute Gasteiger partial charge is 0.453 e. The first-order chi connectivity index (χ1) is 11.1. The lowest BCUT2D eigenvalue weighted by Crippen LogP contribution is -2.40. The predicted molar refractivity (Wildman–Crippen MR) is 85.8 cm³/mol. The van der Waals surface area contributed by atoms with Gasteiger partial charge in [0.1, 0.15) is 6.10 Å². The summed E-state index contributed by atoms with van der Waals surface area (Å²) in [6.07, 6.45) is 5.07. The number of hydrogen-bond donors (Lipinski definition) is 1. The number of esters is 1. The molecule has 1 N–H and O–H groups in total. The average molecular weight is 313 g/mol. The van der Waals surface area contributed by atoms with Gasteiger partial charge >= 0.3 is 5.97 Å². The molecule has 0 unspecified atom stereocenters. The Morgan fingerprint density at radius 1 is 1.30 bits per heavy atom. The highest BCUT2D eigenvalue weighted by atomic mass is 16.5. The lowest BCUT2D eigenvalue weighted by atomic mass is 9.84. The molecule has 2 aliphatic carbocycles. The van der Waals surface area contributed by atoms with E-state index in [-0.39, 0.29) is 24.3 Å². The van der Waals surface area contributed by atoms with Gasteiger partial charge in [-0.2, -0.15) is 0 Å². The number of nitrogens with one attached hydrogen (secondary N) is 1. The summed E-state index contributed by atoms with van der Waals surface area (Å²) in [4.78, 5) is 24.2. The number of fused-ring (bicyclic) bond motifs is 3. The van der Waals surface area contributed by atoms with E-state index in [1.54, 1.807) is 6.07 Å². The molecule has 3 aliphatic rings. The van der Waals surface area contributed by atoms with E-state index >= 15 is 0 Å². The summed E-state index contributed by atoms with van der Waals surface area (Å²) in [5.74, 6) is 1.96. The second kappa shape index (κ2) is 5.66. The van der Waals surface area contributed by atoms with E-state index in [9.17, 15) is 9.59 Å². The van der Waals surface area contributed by atoms with Crippen LogP contribution in [0.3, 0.4) is 0 Å². The highest BCUT2D eigenvalue weighted by Gasteiger charge is 2.42. The van der Waals surface area contributed by atoms with Crippen molar-refractivity contribution in [2.45, 2.75) is 51.2 Å². The maximum absolute atomic E-state index is 12.4. The van der Waals surface area contributed by atoms with Crippen molar-refractivity contribution in [1.82, 2.24) is 5.32 Å². The first kappa shape index (κ1) is 14.7. The van der Waals surface area contributed by atoms with E-state index in [4.69, 9.17) is 4.74 Å². The summed E-state index contributed by atoms with van der Waals surface area (Å²) in [6.45, 7) is 2.12. The van der Waals surface area contributed by atoms with Gasteiger partial charge in [0.05, 0.1) is 12.0 Å². The normalized spacial score (nSPS) is 32.5. The van der Waals surface area contributed by atoms with Gasteiger partial charge in [-0.3, -0.25) is 4.79 Å². The van der Waals surface area contributed by atoms with Gasteiger partial charge in [0, 0.05) is 11.6 Å². The van der Waals surface area contributed by atoms with Crippen LogP contribution in [0.15, 0.2) is 24.3 Å². The number of ether oxygens (including phenoxy) is 1. The van der Waals surface area contributed by atoms with E-state index in [0.717, 1.165) is 17.4 Å². The van der Waals surface area contributed by atoms with Crippen LogP contribution in [0, 0.1) is 17.8 Å². The molecule has 0 aromatic heterocycles. The van der Waals surface area contributed by atoms with Crippen molar-refractivity contribution in [2.75, 3.05) is 0 Å². The summed E-state index contributed by atoms with van der Waals surface area (Å²) >= 11 is 0. The molecule has 2 bridgehead atoms. The van der Waals surface area contributed by atoms with Crippen molar-refractivity contribution in [2.24, 2.45) is 17.8 Å². The number of benzene rings is 1. The fraction of sp³-hybridized carbons (Fsp3) is 0.579. The van der Waals surface area contributed by atoms with E-state index in [1.807, 2.05) is 18.2 Å². The third-order valence-corrected chi connectivity index (χ3v) is 5.97. The summed E-state index contributed by atoms with van der Waals surface area (Å²) < 4.78 is 5.36. The zero-order valence-corrected chi connectivity index (χ0v) is 13.5. The molecule has 0 radical (unpaired) electrons. The number of cyclic esters (lactones) is 1. The van der Waals surface area contributed by atoms with Crippen molar-refractivity contribution < 1.29 is 14.3 Å². The van der Waals surface area contributed by atoms with Crippen molar-refractivity contribution in [1.29, 1.82) is 0 Å². The van der Waals surface area contributed by atoms with Crippen molar-refractivity contribution in [3.8, 4) is 0 Å². The molecule has 2 fully saturated rings. The molecule has 2 saturated carbocycles. The third-order valence-electron chi connectivity index (χ3n) is 5.97. The lowest BCUT2D eigenvalue weighted by molar-refractivity contribution is -0.124. The summed E-state index contributed by atoms with van der Waals surface area (Å²) in [5, 5.41) is 3.15. The number of amides is 1.